The number of hydrogen-bond donors (Lipinski definition) is 0. The lowest BCUT2D eigenvalue weighted by Gasteiger charge is -2.35. The minimum absolute atomic E-state index is 0.293. The minimum Gasteiger partial charge on any atom is -0.354 e. The van der Waals surface area contributed by atoms with Crippen molar-refractivity contribution in [3.05, 3.63) is 17.6 Å². The molecule has 0 unspecified atom stereocenters. The summed E-state index contributed by atoms with van der Waals surface area (Å²) in [6, 6.07) is 2.07. The Hall–Kier alpha value is -1.69. The SMILES string of the molecule is Cc1cc(N2CCN(CC(=O)N3CCCC3)CC2)nc(C(C)C)n1. The molecule has 2 saturated heterocycles. The fourth-order valence-corrected chi connectivity index (χ4v) is 3.39. The van der Waals surface area contributed by atoms with Crippen LogP contribution in [-0.2, 0) is 4.79 Å². The van der Waals surface area contributed by atoms with Crippen molar-refractivity contribution in [3.63, 3.8) is 0 Å². The predicted molar refractivity (Wildman–Crippen MR) is 95.3 cm³/mol. The molecule has 0 radical (unpaired) electrons. The standard InChI is InChI=1S/C18H29N5O/c1-14(2)18-19-15(3)12-16(20-18)22-10-8-21(9-11-22)13-17(24)23-6-4-5-7-23/h12,14H,4-11,13H2,1-3H3. The van der Waals surface area contributed by atoms with Crippen LogP contribution in [0.4, 0.5) is 5.82 Å². The first-order chi connectivity index (χ1) is 11.5. The maximum Gasteiger partial charge on any atom is 0.236 e. The van der Waals surface area contributed by atoms with Gasteiger partial charge in [-0.3, -0.25) is 9.69 Å². The zero-order valence-corrected chi connectivity index (χ0v) is 15.2. The van der Waals surface area contributed by atoms with E-state index in [9.17, 15) is 4.79 Å². The van der Waals surface area contributed by atoms with Gasteiger partial charge in [0.25, 0.3) is 0 Å². The Labute approximate surface area is 144 Å². The molecule has 2 aliphatic heterocycles. The lowest BCUT2D eigenvalue weighted by atomic mass is 10.2. The van der Waals surface area contributed by atoms with Gasteiger partial charge < -0.3 is 9.80 Å². The molecule has 6 nitrogen and oxygen atoms in total. The van der Waals surface area contributed by atoms with Gasteiger partial charge in [-0.05, 0) is 19.8 Å². The molecule has 2 aliphatic rings. The first kappa shape index (κ1) is 17.1. The first-order valence-electron chi connectivity index (χ1n) is 9.13. The van der Waals surface area contributed by atoms with Crippen LogP contribution >= 0.6 is 0 Å². The summed E-state index contributed by atoms with van der Waals surface area (Å²) >= 11 is 0. The molecule has 24 heavy (non-hydrogen) atoms. The summed E-state index contributed by atoms with van der Waals surface area (Å²) < 4.78 is 0. The van der Waals surface area contributed by atoms with Crippen LogP contribution in [0.25, 0.3) is 0 Å². The zero-order valence-electron chi connectivity index (χ0n) is 15.2. The molecular weight excluding hydrogens is 302 g/mol. The van der Waals surface area contributed by atoms with Gasteiger partial charge in [0.05, 0.1) is 6.54 Å². The summed E-state index contributed by atoms with van der Waals surface area (Å²) in [4.78, 5) is 28.1. The van der Waals surface area contributed by atoms with Crippen LogP contribution in [0.3, 0.4) is 0 Å². The quantitative estimate of drug-likeness (QED) is 0.840. The number of likely N-dealkylation sites (tertiary alicyclic amines) is 1. The Morgan fingerprint density at radius 1 is 1.08 bits per heavy atom. The molecule has 0 spiro atoms. The Balaban J connectivity index is 1.56. The van der Waals surface area contributed by atoms with Crippen LogP contribution < -0.4 is 4.90 Å². The van der Waals surface area contributed by atoms with Crippen LogP contribution in [0.5, 0.6) is 0 Å². The van der Waals surface area contributed by atoms with Gasteiger partial charge in [0.1, 0.15) is 11.6 Å². The number of carbonyl (C=O) groups is 1. The smallest absolute Gasteiger partial charge is 0.236 e. The molecule has 0 aliphatic carbocycles. The lowest BCUT2D eigenvalue weighted by Crippen LogP contribution is -2.50. The van der Waals surface area contributed by atoms with Crippen LogP contribution in [-0.4, -0.2) is 71.5 Å². The fraction of sp³-hybridized carbons (Fsp3) is 0.722. The number of amides is 1. The van der Waals surface area contributed by atoms with Crippen molar-refractivity contribution in [2.24, 2.45) is 0 Å². The van der Waals surface area contributed by atoms with Gasteiger partial charge in [0, 0.05) is 56.9 Å². The van der Waals surface area contributed by atoms with Crippen LogP contribution in [0.15, 0.2) is 6.07 Å². The van der Waals surface area contributed by atoms with Crippen molar-refractivity contribution in [2.75, 3.05) is 50.7 Å². The Kier molecular flexibility index (Phi) is 5.33. The van der Waals surface area contributed by atoms with Gasteiger partial charge in [0.2, 0.25) is 5.91 Å². The summed E-state index contributed by atoms with van der Waals surface area (Å²) in [5, 5.41) is 0. The molecule has 0 N–H and O–H groups in total. The van der Waals surface area contributed by atoms with Crippen molar-refractivity contribution in [1.82, 2.24) is 19.8 Å². The molecule has 6 heteroatoms. The number of hydrogen-bond acceptors (Lipinski definition) is 5. The van der Waals surface area contributed by atoms with Gasteiger partial charge in [-0.1, -0.05) is 13.8 Å². The maximum atomic E-state index is 12.3. The third-order valence-corrected chi connectivity index (χ3v) is 4.89. The van der Waals surface area contributed by atoms with Gasteiger partial charge in [-0.2, -0.15) is 0 Å². The topological polar surface area (TPSA) is 52.6 Å². The van der Waals surface area contributed by atoms with Crippen LogP contribution in [0, 0.1) is 6.92 Å². The number of aromatic nitrogens is 2. The number of piperazine rings is 1. The normalized spacial score (nSPS) is 19.3. The van der Waals surface area contributed by atoms with Crippen molar-refractivity contribution in [2.45, 2.75) is 39.5 Å². The lowest BCUT2D eigenvalue weighted by molar-refractivity contribution is -0.131. The van der Waals surface area contributed by atoms with E-state index in [0.29, 0.717) is 18.4 Å². The minimum atomic E-state index is 0.293. The van der Waals surface area contributed by atoms with E-state index in [1.54, 1.807) is 0 Å². The number of aryl methyl sites for hydroxylation is 1. The highest BCUT2D eigenvalue weighted by atomic mass is 16.2. The first-order valence-corrected chi connectivity index (χ1v) is 9.13. The fourth-order valence-electron chi connectivity index (χ4n) is 3.39. The number of nitrogens with zero attached hydrogens (tertiary/aromatic N) is 5. The molecule has 1 aromatic rings. The largest absolute Gasteiger partial charge is 0.354 e. The third-order valence-electron chi connectivity index (χ3n) is 4.89. The van der Waals surface area contributed by atoms with Crippen molar-refractivity contribution in [3.8, 4) is 0 Å². The van der Waals surface area contributed by atoms with E-state index in [2.05, 4.69) is 34.7 Å². The summed E-state index contributed by atoms with van der Waals surface area (Å²) in [5.41, 5.74) is 1.02. The predicted octanol–water partition coefficient (Wildman–Crippen LogP) is 1.65. The molecule has 3 rings (SSSR count). The van der Waals surface area contributed by atoms with E-state index in [4.69, 9.17) is 4.98 Å². The summed E-state index contributed by atoms with van der Waals surface area (Å²) in [7, 11) is 0. The number of rotatable bonds is 4. The molecule has 0 aromatic carbocycles. The van der Waals surface area contributed by atoms with Crippen LogP contribution in [0.2, 0.25) is 0 Å². The van der Waals surface area contributed by atoms with Gasteiger partial charge in [0.15, 0.2) is 0 Å². The molecule has 3 heterocycles. The second kappa shape index (κ2) is 7.47. The van der Waals surface area contributed by atoms with Crippen molar-refractivity contribution >= 4 is 11.7 Å². The highest BCUT2D eigenvalue weighted by Gasteiger charge is 2.24. The molecule has 1 amide bonds. The Morgan fingerprint density at radius 2 is 1.75 bits per heavy atom. The molecule has 2 fully saturated rings. The Bertz CT molecular complexity index is 575. The summed E-state index contributed by atoms with van der Waals surface area (Å²) in [5.74, 6) is 2.57. The molecule has 132 valence electrons. The molecule has 1 aromatic heterocycles. The van der Waals surface area contributed by atoms with Crippen molar-refractivity contribution < 1.29 is 4.79 Å². The number of anilines is 1. The van der Waals surface area contributed by atoms with E-state index in [1.807, 2.05) is 11.8 Å². The molecule has 0 atom stereocenters. The maximum absolute atomic E-state index is 12.3. The van der Waals surface area contributed by atoms with E-state index >= 15 is 0 Å². The highest BCUT2D eigenvalue weighted by molar-refractivity contribution is 5.78. The third kappa shape index (κ3) is 4.04. The van der Waals surface area contributed by atoms with Gasteiger partial charge in [-0.25, -0.2) is 9.97 Å². The van der Waals surface area contributed by atoms with E-state index in [1.165, 1.54) is 0 Å². The molecular formula is C18H29N5O. The van der Waals surface area contributed by atoms with Crippen LogP contribution in [0.1, 0.15) is 44.1 Å². The Morgan fingerprint density at radius 3 is 2.38 bits per heavy atom. The van der Waals surface area contributed by atoms with E-state index in [-0.39, 0.29) is 0 Å². The second-order valence-electron chi connectivity index (χ2n) is 7.23. The van der Waals surface area contributed by atoms with E-state index in [0.717, 1.165) is 69.4 Å². The number of carbonyl (C=O) groups excluding carboxylic acids is 1. The molecule has 0 bridgehead atoms. The average Bonchev–Trinajstić information content (AvgIpc) is 3.09. The summed E-state index contributed by atoms with van der Waals surface area (Å²) in [6.45, 7) is 12.4. The van der Waals surface area contributed by atoms with Gasteiger partial charge in [-0.15, -0.1) is 0 Å². The molecule has 0 saturated carbocycles. The van der Waals surface area contributed by atoms with E-state index < -0.39 is 0 Å². The zero-order chi connectivity index (χ0) is 17.1. The second-order valence-corrected chi connectivity index (χ2v) is 7.23. The highest BCUT2D eigenvalue weighted by Crippen LogP contribution is 2.19. The monoisotopic (exact) mass is 331 g/mol. The summed E-state index contributed by atoms with van der Waals surface area (Å²) in [6.07, 6.45) is 2.32. The van der Waals surface area contributed by atoms with Gasteiger partial charge >= 0.3 is 0 Å². The van der Waals surface area contributed by atoms with Crippen molar-refractivity contribution in [1.29, 1.82) is 0 Å². The average molecular weight is 331 g/mol.